The van der Waals surface area contributed by atoms with Crippen LogP contribution in [0.25, 0.3) is 0 Å². The van der Waals surface area contributed by atoms with Crippen LogP contribution in [-0.2, 0) is 0 Å². The number of hydrogen-bond donors (Lipinski definition) is 2. The van der Waals surface area contributed by atoms with Gasteiger partial charge in [-0.3, -0.25) is 10.1 Å². The maximum atomic E-state index is 12.4. The molecule has 0 unspecified atom stereocenters. The molecule has 2 aromatic carbocycles. The molecule has 1 amide bonds. The number of ether oxygens (including phenoxy) is 2. The van der Waals surface area contributed by atoms with Crippen LogP contribution in [0.2, 0.25) is 0 Å². The summed E-state index contributed by atoms with van der Waals surface area (Å²) in [4.78, 5) is 12.4. The van der Waals surface area contributed by atoms with E-state index in [2.05, 4.69) is 40.1 Å². The lowest BCUT2D eigenvalue weighted by Crippen LogP contribution is -2.34. The predicted molar refractivity (Wildman–Crippen MR) is 125 cm³/mol. The maximum absolute atomic E-state index is 12.4. The Labute approximate surface area is 185 Å². The van der Waals surface area contributed by atoms with Crippen LogP contribution in [0.4, 0.5) is 5.69 Å². The third kappa shape index (κ3) is 7.87. The van der Waals surface area contributed by atoms with Crippen LogP contribution in [0.3, 0.4) is 0 Å². The molecule has 0 fully saturated rings. The van der Waals surface area contributed by atoms with Crippen LogP contribution in [0.5, 0.6) is 11.5 Å². The zero-order valence-electron chi connectivity index (χ0n) is 16.6. The van der Waals surface area contributed by atoms with Gasteiger partial charge in [-0.2, -0.15) is 0 Å². The minimum absolute atomic E-state index is 0.213. The van der Waals surface area contributed by atoms with Gasteiger partial charge in [0.15, 0.2) is 5.11 Å². The highest BCUT2D eigenvalue weighted by Crippen LogP contribution is 2.26. The number of thiocarbonyl (C=S) groups is 1. The van der Waals surface area contributed by atoms with Crippen molar-refractivity contribution < 1.29 is 14.3 Å². The van der Waals surface area contributed by atoms with Crippen molar-refractivity contribution in [3.05, 3.63) is 64.7 Å². The van der Waals surface area contributed by atoms with E-state index < -0.39 is 0 Å². The van der Waals surface area contributed by atoms with Crippen molar-refractivity contribution in [2.24, 2.45) is 0 Å². The maximum Gasteiger partial charge on any atom is 0.257 e. The first-order chi connectivity index (χ1) is 13.9. The van der Waals surface area contributed by atoms with E-state index in [1.54, 1.807) is 18.2 Å². The normalized spacial score (nSPS) is 10.2. The Hall–Kier alpha value is -2.38. The Kier molecular flexibility index (Phi) is 9.15. The monoisotopic (exact) mass is 476 g/mol. The highest BCUT2D eigenvalue weighted by atomic mass is 79.9. The molecule has 154 valence electrons. The molecule has 0 aliphatic carbocycles. The molecule has 0 aliphatic heterocycles. The second-order valence-corrected chi connectivity index (χ2v) is 7.79. The molecule has 0 spiro atoms. The fourth-order valence-corrected chi connectivity index (χ4v) is 2.97. The Morgan fingerprint density at radius 3 is 2.52 bits per heavy atom. The van der Waals surface area contributed by atoms with Crippen molar-refractivity contribution in [1.29, 1.82) is 0 Å². The number of amides is 1. The van der Waals surface area contributed by atoms with E-state index in [-0.39, 0.29) is 11.0 Å². The SMILES string of the molecule is C=C(C)COc1ccc(NC(=S)NC(=O)c2ccc(OCCCC)c(Br)c2)cc1. The number of rotatable bonds is 9. The Morgan fingerprint density at radius 2 is 1.90 bits per heavy atom. The molecule has 0 saturated heterocycles. The summed E-state index contributed by atoms with van der Waals surface area (Å²) in [5.74, 6) is 1.15. The average Bonchev–Trinajstić information content (AvgIpc) is 2.68. The van der Waals surface area contributed by atoms with Crippen LogP contribution in [0.1, 0.15) is 37.0 Å². The molecule has 0 heterocycles. The summed E-state index contributed by atoms with van der Waals surface area (Å²) in [6, 6.07) is 12.5. The summed E-state index contributed by atoms with van der Waals surface area (Å²) in [6.07, 6.45) is 2.04. The minimum Gasteiger partial charge on any atom is -0.492 e. The molecule has 0 aliphatic rings. The highest BCUT2D eigenvalue weighted by molar-refractivity contribution is 9.10. The van der Waals surface area contributed by atoms with Gasteiger partial charge in [0.1, 0.15) is 18.1 Å². The molecule has 0 aromatic heterocycles. The van der Waals surface area contributed by atoms with Gasteiger partial charge in [0.05, 0.1) is 11.1 Å². The van der Waals surface area contributed by atoms with Gasteiger partial charge in [0, 0.05) is 11.3 Å². The average molecular weight is 477 g/mol. The number of hydrogen-bond acceptors (Lipinski definition) is 4. The zero-order chi connectivity index (χ0) is 21.2. The molecular formula is C22H25BrN2O3S. The van der Waals surface area contributed by atoms with Crippen LogP contribution in [-0.4, -0.2) is 24.2 Å². The van der Waals surface area contributed by atoms with Crippen LogP contribution < -0.4 is 20.1 Å². The van der Waals surface area contributed by atoms with Crippen LogP contribution in [0.15, 0.2) is 59.1 Å². The van der Waals surface area contributed by atoms with Crippen molar-refractivity contribution in [2.45, 2.75) is 26.7 Å². The van der Waals surface area contributed by atoms with Gasteiger partial charge < -0.3 is 14.8 Å². The Balaban J connectivity index is 1.89. The van der Waals surface area contributed by atoms with Crippen molar-refractivity contribution >= 4 is 44.9 Å². The van der Waals surface area contributed by atoms with E-state index in [1.807, 2.05) is 31.2 Å². The smallest absolute Gasteiger partial charge is 0.257 e. The zero-order valence-corrected chi connectivity index (χ0v) is 19.0. The third-order valence-corrected chi connectivity index (χ3v) is 4.60. The quantitative estimate of drug-likeness (QED) is 0.275. The van der Waals surface area contributed by atoms with Gasteiger partial charge in [-0.05, 0) is 89.5 Å². The molecule has 2 aromatic rings. The van der Waals surface area contributed by atoms with Gasteiger partial charge in [0.2, 0.25) is 0 Å². The van der Waals surface area contributed by atoms with E-state index in [4.69, 9.17) is 21.7 Å². The largest absolute Gasteiger partial charge is 0.492 e. The lowest BCUT2D eigenvalue weighted by molar-refractivity contribution is 0.0977. The predicted octanol–water partition coefficient (Wildman–Crippen LogP) is 5.71. The molecule has 2 N–H and O–H groups in total. The van der Waals surface area contributed by atoms with Gasteiger partial charge in [-0.15, -0.1) is 0 Å². The molecule has 29 heavy (non-hydrogen) atoms. The van der Waals surface area contributed by atoms with Crippen molar-refractivity contribution in [1.82, 2.24) is 5.32 Å². The molecule has 5 nitrogen and oxygen atoms in total. The third-order valence-electron chi connectivity index (χ3n) is 3.77. The summed E-state index contributed by atoms with van der Waals surface area (Å²) >= 11 is 8.68. The first kappa shape index (κ1) is 22.9. The van der Waals surface area contributed by atoms with E-state index in [0.717, 1.165) is 34.3 Å². The summed E-state index contributed by atoms with van der Waals surface area (Å²) in [6.45, 7) is 8.93. The van der Waals surface area contributed by atoms with E-state index in [9.17, 15) is 4.79 Å². The molecule has 2 rings (SSSR count). The Bertz CT molecular complexity index is 869. The van der Waals surface area contributed by atoms with Gasteiger partial charge in [-0.1, -0.05) is 19.9 Å². The molecule has 7 heteroatoms. The van der Waals surface area contributed by atoms with Crippen molar-refractivity contribution in [3.8, 4) is 11.5 Å². The van der Waals surface area contributed by atoms with Crippen LogP contribution >= 0.6 is 28.1 Å². The number of halogens is 1. The molecule has 0 radical (unpaired) electrons. The molecule has 0 saturated carbocycles. The van der Waals surface area contributed by atoms with Gasteiger partial charge in [-0.25, -0.2) is 0 Å². The fraction of sp³-hybridized carbons (Fsp3) is 0.273. The molecule has 0 atom stereocenters. The number of carbonyl (C=O) groups is 1. The second kappa shape index (κ2) is 11.6. The number of benzene rings is 2. The second-order valence-electron chi connectivity index (χ2n) is 6.53. The van der Waals surface area contributed by atoms with E-state index in [1.165, 1.54) is 0 Å². The van der Waals surface area contributed by atoms with Crippen molar-refractivity contribution in [3.63, 3.8) is 0 Å². The van der Waals surface area contributed by atoms with Crippen LogP contribution in [0, 0.1) is 0 Å². The number of anilines is 1. The van der Waals surface area contributed by atoms with Gasteiger partial charge in [0.25, 0.3) is 5.91 Å². The molecular weight excluding hydrogens is 452 g/mol. The summed E-state index contributed by atoms with van der Waals surface area (Å²) in [5.41, 5.74) is 2.18. The molecule has 0 bridgehead atoms. The summed E-state index contributed by atoms with van der Waals surface area (Å²) < 4.78 is 12.0. The van der Waals surface area contributed by atoms with Crippen molar-refractivity contribution in [2.75, 3.05) is 18.5 Å². The van der Waals surface area contributed by atoms with Gasteiger partial charge >= 0.3 is 0 Å². The van der Waals surface area contributed by atoms with E-state index >= 15 is 0 Å². The lowest BCUT2D eigenvalue weighted by atomic mass is 10.2. The number of carbonyl (C=O) groups excluding carboxylic acids is 1. The number of nitrogens with one attached hydrogen (secondary N) is 2. The summed E-state index contributed by atoms with van der Waals surface area (Å²) in [5, 5.41) is 5.87. The highest BCUT2D eigenvalue weighted by Gasteiger charge is 2.11. The van der Waals surface area contributed by atoms with E-state index in [0.29, 0.717) is 24.5 Å². The number of unbranched alkanes of at least 4 members (excludes halogenated alkanes) is 1. The summed E-state index contributed by atoms with van der Waals surface area (Å²) in [7, 11) is 0. The first-order valence-corrected chi connectivity index (χ1v) is 10.5. The Morgan fingerprint density at radius 1 is 1.17 bits per heavy atom. The fourth-order valence-electron chi connectivity index (χ4n) is 2.26. The lowest BCUT2D eigenvalue weighted by Gasteiger charge is -2.12. The topological polar surface area (TPSA) is 59.6 Å². The standard InChI is InChI=1S/C22H25BrN2O3S/c1-4-5-12-27-20-11-6-16(13-19(20)23)21(26)25-22(29)24-17-7-9-18(10-8-17)28-14-15(2)3/h6-11,13H,2,4-5,12,14H2,1,3H3,(H2,24,25,26,29). The first-order valence-electron chi connectivity index (χ1n) is 9.31. The minimum atomic E-state index is -0.301.